The average Bonchev–Trinajstić information content (AvgIpc) is 3.03. The van der Waals surface area contributed by atoms with E-state index < -0.39 is 0 Å². The first kappa shape index (κ1) is 14.7. The van der Waals surface area contributed by atoms with E-state index in [4.69, 9.17) is 9.15 Å². The van der Waals surface area contributed by atoms with Gasteiger partial charge < -0.3 is 19.8 Å². The van der Waals surface area contributed by atoms with E-state index in [1.807, 2.05) is 30.3 Å². The van der Waals surface area contributed by atoms with Crippen molar-refractivity contribution in [1.82, 2.24) is 10.6 Å². The van der Waals surface area contributed by atoms with Crippen molar-refractivity contribution in [3.63, 3.8) is 0 Å². The van der Waals surface area contributed by atoms with Crippen molar-refractivity contribution in [2.75, 3.05) is 13.1 Å². The molecule has 116 valence electrons. The molecule has 22 heavy (non-hydrogen) atoms. The summed E-state index contributed by atoms with van der Waals surface area (Å²) in [6.07, 6.45) is 3.42. The molecule has 0 saturated carbocycles. The lowest BCUT2D eigenvalue weighted by Gasteiger charge is -2.23. The molecule has 1 amide bonds. The summed E-state index contributed by atoms with van der Waals surface area (Å²) in [5, 5.41) is 6.31. The molecular weight excluding hydrogens is 280 g/mol. The smallest absolute Gasteiger partial charge is 0.287 e. The molecule has 0 radical (unpaired) electrons. The van der Waals surface area contributed by atoms with Crippen LogP contribution < -0.4 is 15.4 Å². The van der Waals surface area contributed by atoms with Crippen LogP contribution in [0.15, 0.2) is 47.1 Å². The van der Waals surface area contributed by atoms with Gasteiger partial charge in [-0.3, -0.25) is 4.79 Å². The molecule has 0 aliphatic carbocycles. The quantitative estimate of drug-likeness (QED) is 0.889. The molecule has 1 saturated heterocycles. The van der Waals surface area contributed by atoms with Crippen molar-refractivity contribution in [2.24, 2.45) is 0 Å². The Morgan fingerprint density at radius 1 is 1.23 bits per heavy atom. The van der Waals surface area contributed by atoms with Crippen LogP contribution in [0.5, 0.6) is 5.75 Å². The van der Waals surface area contributed by atoms with E-state index in [9.17, 15) is 4.79 Å². The number of benzene rings is 1. The van der Waals surface area contributed by atoms with Crippen LogP contribution >= 0.6 is 0 Å². The minimum absolute atomic E-state index is 0.163. The first-order valence-corrected chi connectivity index (χ1v) is 7.59. The van der Waals surface area contributed by atoms with E-state index in [0.717, 1.165) is 37.2 Å². The van der Waals surface area contributed by atoms with E-state index in [0.29, 0.717) is 12.4 Å². The van der Waals surface area contributed by atoms with Gasteiger partial charge in [0, 0.05) is 11.6 Å². The lowest BCUT2D eigenvalue weighted by atomic mass is 10.1. The van der Waals surface area contributed by atoms with Gasteiger partial charge >= 0.3 is 0 Å². The highest BCUT2D eigenvalue weighted by Crippen LogP contribution is 2.16. The van der Waals surface area contributed by atoms with Gasteiger partial charge in [-0.05, 0) is 44.1 Å². The number of hydrogen-bond donors (Lipinski definition) is 2. The minimum atomic E-state index is -0.163. The van der Waals surface area contributed by atoms with Gasteiger partial charge in [-0.1, -0.05) is 18.2 Å². The monoisotopic (exact) mass is 300 g/mol. The van der Waals surface area contributed by atoms with Gasteiger partial charge in [-0.2, -0.15) is 0 Å². The minimum Gasteiger partial charge on any atom is -0.489 e. The molecular formula is C17H20N2O3. The Morgan fingerprint density at radius 2 is 2.00 bits per heavy atom. The number of amides is 1. The Bertz CT molecular complexity index is 603. The molecule has 5 heteroatoms. The second-order valence-corrected chi connectivity index (χ2v) is 5.37. The van der Waals surface area contributed by atoms with Crippen molar-refractivity contribution in [1.29, 1.82) is 0 Å². The third-order valence-electron chi connectivity index (χ3n) is 3.76. The zero-order valence-electron chi connectivity index (χ0n) is 12.4. The normalized spacial score (nSPS) is 15.5. The fourth-order valence-corrected chi connectivity index (χ4v) is 2.54. The Balaban J connectivity index is 1.60. The summed E-state index contributed by atoms with van der Waals surface area (Å²) in [4.78, 5) is 12.3. The first-order valence-electron chi connectivity index (χ1n) is 7.59. The maximum absolute atomic E-state index is 12.3. The number of furan rings is 1. The highest BCUT2D eigenvalue weighted by Gasteiger charge is 2.20. The van der Waals surface area contributed by atoms with Crippen LogP contribution in [0.4, 0.5) is 0 Å². The van der Waals surface area contributed by atoms with E-state index >= 15 is 0 Å². The van der Waals surface area contributed by atoms with Crippen LogP contribution in [0.2, 0.25) is 0 Å². The Kier molecular flexibility index (Phi) is 4.75. The number of nitrogens with one attached hydrogen (secondary N) is 2. The number of carbonyl (C=O) groups is 1. The highest BCUT2D eigenvalue weighted by molar-refractivity contribution is 5.93. The van der Waals surface area contributed by atoms with Crippen LogP contribution in [0.1, 0.15) is 29.0 Å². The predicted molar refractivity (Wildman–Crippen MR) is 82.8 cm³/mol. The molecule has 5 nitrogen and oxygen atoms in total. The van der Waals surface area contributed by atoms with Crippen molar-refractivity contribution >= 4 is 5.91 Å². The molecule has 1 aliphatic rings. The molecule has 3 rings (SSSR count). The van der Waals surface area contributed by atoms with Crippen LogP contribution in [0.3, 0.4) is 0 Å². The Labute approximate surface area is 129 Å². The largest absolute Gasteiger partial charge is 0.489 e. The molecule has 1 aromatic heterocycles. The van der Waals surface area contributed by atoms with E-state index in [-0.39, 0.29) is 11.9 Å². The number of para-hydroxylation sites is 1. The van der Waals surface area contributed by atoms with Gasteiger partial charge in [0.05, 0.1) is 6.26 Å². The van der Waals surface area contributed by atoms with Crippen molar-refractivity contribution in [3.05, 3.63) is 54.0 Å². The Hall–Kier alpha value is -2.27. The van der Waals surface area contributed by atoms with Crippen molar-refractivity contribution in [3.8, 4) is 5.75 Å². The Morgan fingerprint density at radius 3 is 2.77 bits per heavy atom. The predicted octanol–water partition coefficient (Wildman–Crippen LogP) is 2.34. The second-order valence-electron chi connectivity index (χ2n) is 5.37. The second kappa shape index (κ2) is 7.13. The van der Waals surface area contributed by atoms with Crippen LogP contribution in [0, 0.1) is 0 Å². The van der Waals surface area contributed by atoms with Gasteiger partial charge in [-0.25, -0.2) is 0 Å². The third-order valence-corrected chi connectivity index (χ3v) is 3.76. The topological polar surface area (TPSA) is 63.5 Å². The van der Waals surface area contributed by atoms with E-state index in [1.54, 1.807) is 6.07 Å². The van der Waals surface area contributed by atoms with Gasteiger partial charge in [0.25, 0.3) is 5.91 Å². The fraction of sp³-hybridized carbons (Fsp3) is 0.353. The van der Waals surface area contributed by atoms with E-state index in [1.165, 1.54) is 6.26 Å². The number of hydrogen-bond acceptors (Lipinski definition) is 4. The molecule has 2 aromatic rings. The van der Waals surface area contributed by atoms with Crippen molar-refractivity contribution in [2.45, 2.75) is 25.5 Å². The summed E-state index contributed by atoms with van der Waals surface area (Å²) in [6.45, 7) is 2.19. The van der Waals surface area contributed by atoms with Gasteiger partial charge in [-0.15, -0.1) is 0 Å². The van der Waals surface area contributed by atoms with E-state index in [2.05, 4.69) is 10.6 Å². The van der Waals surface area contributed by atoms with Crippen molar-refractivity contribution < 1.29 is 13.9 Å². The number of carbonyl (C=O) groups excluding carboxylic acids is 1. The SMILES string of the molecule is O=C(NC1CCNCC1)c1occc1COc1ccccc1. The summed E-state index contributed by atoms with van der Waals surface area (Å²) in [6, 6.07) is 11.5. The third kappa shape index (κ3) is 3.68. The van der Waals surface area contributed by atoms with Crippen LogP contribution in [-0.4, -0.2) is 25.0 Å². The molecule has 0 atom stereocenters. The molecule has 0 unspecified atom stereocenters. The number of piperidine rings is 1. The standard InChI is InChI=1S/C17H20N2O3/c20-17(19-14-6-9-18-10-7-14)16-13(8-11-21-16)12-22-15-4-2-1-3-5-15/h1-5,8,11,14,18H,6-7,9-10,12H2,(H,19,20). The molecule has 1 aromatic carbocycles. The highest BCUT2D eigenvalue weighted by atomic mass is 16.5. The van der Waals surface area contributed by atoms with Gasteiger partial charge in [0.2, 0.25) is 0 Å². The maximum Gasteiger partial charge on any atom is 0.287 e. The molecule has 1 aliphatic heterocycles. The molecule has 2 heterocycles. The lowest BCUT2D eigenvalue weighted by molar-refractivity contribution is 0.0898. The van der Waals surface area contributed by atoms with Gasteiger partial charge in [0.1, 0.15) is 12.4 Å². The van der Waals surface area contributed by atoms with Crippen LogP contribution in [0.25, 0.3) is 0 Å². The lowest BCUT2D eigenvalue weighted by Crippen LogP contribution is -2.42. The summed E-state index contributed by atoms with van der Waals surface area (Å²) in [5.41, 5.74) is 0.760. The summed E-state index contributed by atoms with van der Waals surface area (Å²) < 4.78 is 11.0. The molecule has 0 bridgehead atoms. The zero-order valence-corrected chi connectivity index (χ0v) is 12.4. The fourth-order valence-electron chi connectivity index (χ4n) is 2.54. The maximum atomic E-state index is 12.3. The molecule has 0 spiro atoms. The summed E-state index contributed by atoms with van der Waals surface area (Å²) >= 11 is 0. The summed E-state index contributed by atoms with van der Waals surface area (Å²) in [7, 11) is 0. The zero-order chi connectivity index (χ0) is 15.2. The average molecular weight is 300 g/mol. The number of rotatable bonds is 5. The molecule has 2 N–H and O–H groups in total. The molecule has 1 fully saturated rings. The summed E-state index contributed by atoms with van der Waals surface area (Å²) in [5.74, 6) is 0.950. The first-order chi connectivity index (χ1) is 10.8. The van der Waals surface area contributed by atoms with Crippen LogP contribution in [-0.2, 0) is 6.61 Å². The van der Waals surface area contributed by atoms with Gasteiger partial charge in [0.15, 0.2) is 5.76 Å². The number of ether oxygens (including phenoxy) is 1.